The molecule has 0 aliphatic carbocycles. The first-order valence-corrected chi connectivity index (χ1v) is 11.3. The number of nitrogens with zero attached hydrogens (tertiary/aromatic N) is 1. The Morgan fingerprint density at radius 3 is 2.55 bits per heavy atom. The SMILES string of the molecule is COc1cc2c(cc1OC)C(CNC(=O)c1cccs1)N(Cc1ccc(C)cc1)CC2. The van der Waals surface area contributed by atoms with Crippen LogP contribution in [0.2, 0.25) is 0 Å². The van der Waals surface area contributed by atoms with Crippen molar-refractivity contribution in [2.75, 3.05) is 27.3 Å². The summed E-state index contributed by atoms with van der Waals surface area (Å²) in [6.45, 7) is 4.37. The summed E-state index contributed by atoms with van der Waals surface area (Å²) in [5, 5.41) is 5.07. The zero-order chi connectivity index (χ0) is 21.8. The van der Waals surface area contributed by atoms with Crippen LogP contribution >= 0.6 is 11.3 Å². The summed E-state index contributed by atoms with van der Waals surface area (Å²) in [5.74, 6) is 1.43. The average Bonchev–Trinajstić information content (AvgIpc) is 3.33. The molecule has 4 rings (SSSR count). The van der Waals surface area contributed by atoms with E-state index in [0.29, 0.717) is 12.3 Å². The van der Waals surface area contributed by atoms with Crippen LogP contribution in [-0.2, 0) is 13.0 Å². The molecule has 1 aliphatic heterocycles. The van der Waals surface area contributed by atoms with Gasteiger partial charge in [0.2, 0.25) is 0 Å². The van der Waals surface area contributed by atoms with E-state index in [1.165, 1.54) is 33.6 Å². The fourth-order valence-corrected chi connectivity index (χ4v) is 4.76. The first-order valence-electron chi connectivity index (χ1n) is 10.4. The fourth-order valence-electron chi connectivity index (χ4n) is 4.12. The predicted molar refractivity (Wildman–Crippen MR) is 124 cm³/mol. The Kier molecular flexibility index (Phi) is 6.59. The van der Waals surface area contributed by atoms with Gasteiger partial charge in [-0.1, -0.05) is 35.9 Å². The van der Waals surface area contributed by atoms with Crippen LogP contribution in [0.15, 0.2) is 53.9 Å². The third-order valence-electron chi connectivity index (χ3n) is 5.82. The van der Waals surface area contributed by atoms with Gasteiger partial charge in [0.15, 0.2) is 11.5 Å². The molecule has 0 fully saturated rings. The van der Waals surface area contributed by atoms with E-state index in [1.807, 2.05) is 17.5 Å². The number of hydrogen-bond donors (Lipinski definition) is 1. The lowest BCUT2D eigenvalue weighted by atomic mass is 9.91. The van der Waals surface area contributed by atoms with Crippen molar-refractivity contribution < 1.29 is 14.3 Å². The molecule has 0 saturated heterocycles. The number of nitrogens with one attached hydrogen (secondary N) is 1. The van der Waals surface area contributed by atoms with Gasteiger partial charge in [-0.3, -0.25) is 9.69 Å². The van der Waals surface area contributed by atoms with Gasteiger partial charge in [-0.25, -0.2) is 0 Å². The Bertz CT molecular complexity index is 1030. The molecule has 162 valence electrons. The molecular weight excluding hydrogens is 408 g/mol. The highest BCUT2D eigenvalue weighted by atomic mass is 32.1. The van der Waals surface area contributed by atoms with Crippen molar-refractivity contribution in [1.82, 2.24) is 10.2 Å². The highest BCUT2D eigenvalue weighted by molar-refractivity contribution is 7.12. The van der Waals surface area contributed by atoms with Crippen LogP contribution < -0.4 is 14.8 Å². The first-order chi connectivity index (χ1) is 15.1. The van der Waals surface area contributed by atoms with E-state index in [-0.39, 0.29) is 11.9 Å². The van der Waals surface area contributed by atoms with Crippen molar-refractivity contribution in [3.8, 4) is 11.5 Å². The van der Waals surface area contributed by atoms with Crippen molar-refractivity contribution in [1.29, 1.82) is 0 Å². The van der Waals surface area contributed by atoms with Crippen molar-refractivity contribution in [3.63, 3.8) is 0 Å². The zero-order valence-electron chi connectivity index (χ0n) is 18.2. The van der Waals surface area contributed by atoms with Crippen molar-refractivity contribution in [2.45, 2.75) is 25.9 Å². The number of benzene rings is 2. The molecule has 1 N–H and O–H groups in total. The van der Waals surface area contributed by atoms with E-state index in [0.717, 1.165) is 30.1 Å². The van der Waals surface area contributed by atoms with E-state index in [2.05, 4.69) is 53.5 Å². The molecule has 0 radical (unpaired) electrons. The largest absolute Gasteiger partial charge is 0.493 e. The van der Waals surface area contributed by atoms with Gasteiger partial charge in [0.1, 0.15) is 0 Å². The number of carbonyl (C=O) groups excluding carboxylic acids is 1. The maximum atomic E-state index is 12.6. The second-order valence-electron chi connectivity index (χ2n) is 7.82. The van der Waals surface area contributed by atoms with Gasteiger partial charge < -0.3 is 14.8 Å². The predicted octanol–water partition coefficient (Wildman–Crippen LogP) is 4.60. The summed E-state index contributed by atoms with van der Waals surface area (Å²) in [6, 6.07) is 16.6. The first kappa shape index (κ1) is 21.4. The van der Waals surface area contributed by atoms with Gasteiger partial charge in [-0.2, -0.15) is 0 Å². The van der Waals surface area contributed by atoms with Crippen LogP contribution in [0.3, 0.4) is 0 Å². The van der Waals surface area contributed by atoms with Crippen LogP contribution in [0.5, 0.6) is 11.5 Å². The molecule has 0 bridgehead atoms. The molecular formula is C25H28N2O3S. The highest BCUT2D eigenvalue weighted by Gasteiger charge is 2.29. The van der Waals surface area contributed by atoms with E-state index in [4.69, 9.17) is 9.47 Å². The zero-order valence-corrected chi connectivity index (χ0v) is 19.0. The highest BCUT2D eigenvalue weighted by Crippen LogP contribution is 2.38. The van der Waals surface area contributed by atoms with E-state index >= 15 is 0 Å². The molecule has 0 spiro atoms. The van der Waals surface area contributed by atoms with Gasteiger partial charge in [0, 0.05) is 19.6 Å². The molecule has 31 heavy (non-hydrogen) atoms. The molecule has 0 saturated carbocycles. The normalized spacial score (nSPS) is 15.9. The van der Waals surface area contributed by atoms with Gasteiger partial charge in [-0.05, 0) is 53.6 Å². The van der Waals surface area contributed by atoms with Crippen molar-refractivity contribution >= 4 is 17.2 Å². The van der Waals surface area contributed by atoms with Crippen LogP contribution in [0.4, 0.5) is 0 Å². The maximum absolute atomic E-state index is 12.6. The molecule has 3 aromatic rings. The number of rotatable bonds is 7. The number of ether oxygens (including phenoxy) is 2. The summed E-state index contributed by atoms with van der Waals surface area (Å²) >= 11 is 1.46. The van der Waals surface area contributed by atoms with Gasteiger partial charge >= 0.3 is 0 Å². The van der Waals surface area contributed by atoms with E-state index < -0.39 is 0 Å². The Balaban J connectivity index is 1.63. The number of fused-ring (bicyclic) bond motifs is 1. The summed E-state index contributed by atoms with van der Waals surface area (Å²) in [4.78, 5) is 15.8. The summed E-state index contributed by atoms with van der Waals surface area (Å²) in [6.07, 6.45) is 0.928. The molecule has 1 unspecified atom stereocenters. The smallest absolute Gasteiger partial charge is 0.261 e. The molecule has 1 amide bonds. The third kappa shape index (κ3) is 4.75. The minimum Gasteiger partial charge on any atom is -0.493 e. The number of thiophene rings is 1. The molecule has 2 heterocycles. The standard InChI is InChI=1S/C25H28N2O3S/c1-17-6-8-18(9-7-17)16-27-11-10-19-13-22(29-2)23(30-3)14-20(19)21(27)15-26-25(28)24-5-4-12-31-24/h4-9,12-14,21H,10-11,15-16H2,1-3H3,(H,26,28). The fraction of sp³-hybridized carbons (Fsp3) is 0.320. The lowest BCUT2D eigenvalue weighted by Crippen LogP contribution is -2.41. The number of carbonyl (C=O) groups is 1. The summed E-state index contributed by atoms with van der Waals surface area (Å²) in [5.41, 5.74) is 4.95. The number of hydrogen-bond acceptors (Lipinski definition) is 5. The maximum Gasteiger partial charge on any atom is 0.261 e. The average molecular weight is 437 g/mol. The van der Waals surface area contributed by atoms with Gasteiger partial charge in [0.25, 0.3) is 5.91 Å². The molecule has 5 nitrogen and oxygen atoms in total. The van der Waals surface area contributed by atoms with Gasteiger partial charge in [0.05, 0.1) is 25.1 Å². The van der Waals surface area contributed by atoms with Crippen LogP contribution in [0, 0.1) is 6.92 Å². The van der Waals surface area contributed by atoms with Crippen molar-refractivity contribution in [2.24, 2.45) is 0 Å². The minimum absolute atomic E-state index is 0.0297. The molecule has 2 aromatic carbocycles. The summed E-state index contributed by atoms with van der Waals surface area (Å²) in [7, 11) is 3.32. The topological polar surface area (TPSA) is 50.8 Å². The number of amides is 1. The lowest BCUT2D eigenvalue weighted by molar-refractivity contribution is 0.0930. The molecule has 1 aliphatic rings. The summed E-state index contributed by atoms with van der Waals surface area (Å²) < 4.78 is 11.1. The Hall–Kier alpha value is -2.83. The molecule has 1 aromatic heterocycles. The minimum atomic E-state index is -0.0297. The van der Waals surface area contributed by atoms with Gasteiger partial charge in [-0.15, -0.1) is 11.3 Å². The quantitative estimate of drug-likeness (QED) is 0.588. The second kappa shape index (κ2) is 9.54. The third-order valence-corrected chi connectivity index (χ3v) is 6.69. The monoisotopic (exact) mass is 436 g/mol. The Labute approximate surface area is 187 Å². The molecule has 1 atom stereocenters. The van der Waals surface area contributed by atoms with E-state index in [9.17, 15) is 4.79 Å². The van der Waals surface area contributed by atoms with Crippen LogP contribution in [0.1, 0.15) is 38.0 Å². The lowest BCUT2D eigenvalue weighted by Gasteiger charge is -2.38. The van der Waals surface area contributed by atoms with Crippen LogP contribution in [-0.4, -0.2) is 38.1 Å². The second-order valence-corrected chi connectivity index (χ2v) is 8.76. The van der Waals surface area contributed by atoms with E-state index in [1.54, 1.807) is 14.2 Å². The molecule has 6 heteroatoms. The van der Waals surface area contributed by atoms with Crippen molar-refractivity contribution in [3.05, 3.63) is 81.0 Å². The Morgan fingerprint density at radius 1 is 1.13 bits per heavy atom. The van der Waals surface area contributed by atoms with Crippen LogP contribution in [0.25, 0.3) is 0 Å². The Morgan fingerprint density at radius 2 is 1.87 bits per heavy atom. The number of methoxy groups -OCH3 is 2. The number of aryl methyl sites for hydroxylation is 1.